The number of nitrogens with zero attached hydrogens (tertiary/aromatic N) is 10. The molecule has 8 aromatic rings. The first-order chi connectivity index (χ1) is 31.6. The van der Waals surface area contributed by atoms with Crippen LogP contribution >= 0.6 is 15.9 Å². The molecule has 0 saturated carbocycles. The van der Waals surface area contributed by atoms with E-state index in [1.54, 1.807) is 64.2 Å². The molecule has 2 unspecified atom stereocenters. The van der Waals surface area contributed by atoms with Crippen LogP contribution in [-0.2, 0) is 9.47 Å². The molecule has 0 spiro atoms. The topological polar surface area (TPSA) is 183 Å². The van der Waals surface area contributed by atoms with Gasteiger partial charge in [-0.25, -0.2) is 38.6 Å². The Balaban J connectivity index is 0.000000148. The van der Waals surface area contributed by atoms with Crippen LogP contribution in [0.5, 0.6) is 0 Å². The molecule has 2 atom stereocenters. The minimum atomic E-state index is -0.383. The smallest absolute Gasteiger partial charge is 0.337 e. The molecule has 16 nitrogen and oxygen atoms in total. The number of pyridine rings is 2. The number of aromatic nitrogens is 8. The average Bonchev–Trinajstić information content (AvgIpc) is 4.18. The standard InChI is InChI=1S/C24H24N6O2.C14H10BrN3O2.C10H15N3/c1-16-6-5-12-29(16)22-10-4-9-21(27-22)26-20-15-19(28-30-13-11-25-23(20)30)17-7-3-8-18(14-17)24(31)32-2;1-20-14(19)10-4-2-3-9(7-10)12-8-11(15)13-16-5-6-18(13)17-12;1-8-4-3-7-13(8)10-6-2-5-9(11)12-10/h3-4,7-11,13-16H,5-6,12H2,1-2H3,(H,26,27);2-8H,1H3;2,5-6,8H,3-4,7H2,1H3,(H2,11,12). The molecule has 2 aliphatic rings. The SMILES string of the molecule is CC1CCCN1c1cccc(N)n1.COC(=O)c1cccc(-c2cc(Br)c3nccn3n2)c1.COC(=O)c1cccc(-c2cc(Nc3cccc(N4CCCC4C)n3)c3nccn3n2)c1. The Morgan fingerprint density at radius 1 is 0.677 bits per heavy atom. The van der Waals surface area contributed by atoms with E-state index in [1.165, 1.54) is 39.9 Å². The highest BCUT2D eigenvalue weighted by Crippen LogP contribution is 2.30. The van der Waals surface area contributed by atoms with E-state index in [0.29, 0.717) is 40.4 Å². The highest BCUT2D eigenvalue weighted by molar-refractivity contribution is 9.10. The lowest BCUT2D eigenvalue weighted by molar-refractivity contribution is 0.0592. The molecule has 8 heterocycles. The Labute approximate surface area is 384 Å². The number of methoxy groups -OCH3 is 2. The minimum Gasteiger partial charge on any atom is -0.465 e. The maximum absolute atomic E-state index is 12.0. The predicted molar refractivity (Wildman–Crippen MR) is 255 cm³/mol. The molecule has 10 rings (SSSR count). The molecule has 2 fully saturated rings. The molecule has 2 aliphatic heterocycles. The van der Waals surface area contributed by atoms with Gasteiger partial charge < -0.3 is 30.3 Å². The van der Waals surface area contributed by atoms with Crippen molar-refractivity contribution in [3.63, 3.8) is 0 Å². The lowest BCUT2D eigenvalue weighted by Crippen LogP contribution is -2.27. The fraction of sp³-hybridized carbons (Fsp3) is 0.250. The number of nitrogen functional groups attached to an aromatic ring is 1. The zero-order valence-corrected chi connectivity index (χ0v) is 38.1. The van der Waals surface area contributed by atoms with Gasteiger partial charge in [-0.15, -0.1) is 0 Å². The minimum absolute atomic E-state index is 0.366. The molecular weight excluding hydrogens is 889 g/mol. The van der Waals surface area contributed by atoms with Crippen LogP contribution in [0.4, 0.5) is 29.0 Å². The number of hydrogen-bond donors (Lipinski definition) is 2. The largest absolute Gasteiger partial charge is 0.465 e. The summed E-state index contributed by atoms with van der Waals surface area (Å²) in [5.74, 6) is 2.59. The number of hydrogen-bond acceptors (Lipinski definition) is 14. The van der Waals surface area contributed by atoms with Gasteiger partial charge in [-0.2, -0.15) is 10.2 Å². The van der Waals surface area contributed by atoms with Crippen LogP contribution in [0.15, 0.2) is 126 Å². The van der Waals surface area contributed by atoms with Crippen molar-refractivity contribution >= 4 is 68.1 Å². The molecule has 0 aliphatic carbocycles. The zero-order valence-electron chi connectivity index (χ0n) is 36.5. The first-order valence-corrected chi connectivity index (χ1v) is 22.1. The first-order valence-electron chi connectivity index (χ1n) is 21.3. The second-order valence-corrected chi connectivity index (χ2v) is 16.5. The molecule has 6 aromatic heterocycles. The fourth-order valence-electron chi connectivity index (χ4n) is 7.95. The molecule has 17 heteroatoms. The van der Waals surface area contributed by atoms with Crippen LogP contribution in [0.1, 0.15) is 60.2 Å². The van der Waals surface area contributed by atoms with Crippen molar-refractivity contribution in [3.8, 4) is 22.5 Å². The summed E-state index contributed by atoms with van der Waals surface area (Å²) in [6, 6.07) is 31.1. The molecule has 0 bridgehead atoms. The highest BCUT2D eigenvalue weighted by atomic mass is 79.9. The van der Waals surface area contributed by atoms with Crippen molar-refractivity contribution in [1.82, 2.24) is 39.2 Å². The fourth-order valence-corrected chi connectivity index (χ4v) is 8.45. The Morgan fingerprint density at radius 2 is 1.20 bits per heavy atom. The van der Waals surface area contributed by atoms with E-state index in [-0.39, 0.29) is 11.9 Å². The normalized spacial score (nSPS) is 15.5. The predicted octanol–water partition coefficient (Wildman–Crippen LogP) is 8.91. The maximum atomic E-state index is 12.0. The summed E-state index contributed by atoms with van der Waals surface area (Å²) in [5.41, 5.74) is 11.9. The van der Waals surface area contributed by atoms with Crippen LogP contribution in [0.2, 0.25) is 0 Å². The van der Waals surface area contributed by atoms with E-state index >= 15 is 0 Å². The first kappa shape index (κ1) is 44.2. The van der Waals surface area contributed by atoms with E-state index < -0.39 is 0 Å². The van der Waals surface area contributed by atoms with Gasteiger partial charge in [0.15, 0.2) is 11.3 Å². The molecule has 65 heavy (non-hydrogen) atoms. The maximum Gasteiger partial charge on any atom is 0.337 e. The Kier molecular flexibility index (Phi) is 13.6. The summed E-state index contributed by atoms with van der Waals surface area (Å²) in [7, 11) is 2.73. The highest BCUT2D eigenvalue weighted by Gasteiger charge is 2.23. The second kappa shape index (κ2) is 20.0. The number of nitrogens with one attached hydrogen (secondary N) is 1. The third-order valence-electron chi connectivity index (χ3n) is 11.3. The van der Waals surface area contributed by atoms with Gasteiger partial charge in [0.1, 0.15) is 23.3 Å². The van der Waals surface area contributed by atoms with Gasteiger partial charge in [-0.3, -0.25) is 0 Å². The van der Waals surface area contributed by atoms with Crippen molar-refractivity contribution < 1.29 is 19.1 Å². The number of imidazole rings is 2. The number of nitrogens with two attached hydrogens (primary N) is 1. The van der Waals surface area contributed by atoms with Crippen LogP contribution in [0.25, 0.3) is 33.8 Å². The Bertz CT molecular complexity index is 2960. The molecule has 0 radical (unpaired) electrons. The summed E-state index contributed by atoms with van der Waals surface area (Å²) >= 11 is 3.47. The summed E-state index contributed by atoms with van der Waals surface area (Å²) in [6.07, 6.45) is 11.9. The number of carbonyl (C=O) groups excluding carboxylic acids is 2. The average molecular weight is 938 g/mol. The molecule has 2 aromatic carbocycles. The van der Waals surface area contributed by atoms with E-state index in [9.17, 15) is 9.59 Å². The molecule has 3 N–H and O–H groups in total. The lowest BCUT2D eigenvalue weighted by Gasteiger charge is -2.23. The second-order valence-electron chi connectivity index (χ2n) is 15.7. The number of ether oxygens (including phenoxy) is 2. The van der Waals surface area contributed by atoms with Crippen LogP contribution in [0, 0.1) is 0 Å². The van der Waals surface area contributed by atoms with Crippen molar-refractivity contribution in [2.45, 2.75) is 51.6 Å². The monoisotopic (exact) mass is 936 g/mol. The number of rotatable bonds is 8. The van der Waals surface area contributed by atoms with Gasteiger partial charge in [-0.1, -0.05) is 36.4 Å². The van der Waals surface area contributed by atoms with E-state index in [4.69, 9.17) is 20.2 Å². The van der Waals surface area contributed by atoms with Gasteiger partial charge in [-0.05, 0) is 116 Å². The van der Waals surface area contributed by atoms with E-state index in [1.807, 2.05) is 66.7 Å². The summed E-state index contributed by atoms with van der Waals surface area (Å²) in [6.45, 7) is 6.61. The molecule has 0 amide bonds. The third kappa shape index (κ3) is 10.2. The van der Waals surface area contributed by atoms with Crippen LogP contribution < -0.4 is 20.9 Å². The summed E-state index contributed by atoms with van der Waals surface area (Å²) in [5, 5.41) is 12.5. The van der Waals surface area contributed by atoms with Gasteiger partial charge in [0, 0.05) is 61.1 Å². The summed E-state index contributed by atoms with van der Waals surface area (Å²) in [4.78, 5) is 46.0. The number of benzene rings is 2. The number of esters is 2. The van der Waals surface area contributed by atoms with Crippen molar-refractivity contribution in [3.05, 3.63) is 137 Å². The number of anilines is 5. The van der Waals surface area contributed by atoms with Crippen molar-refractivity contribution in [1.29, 1.82) is 0 Å². The quantitative estimate of drug-likeness (QED) is 0.138. The molecular formula is C48H49BrN12O4. The lowest BCUT2D eigenvalue weighted by atomic mass is 10.1. The van der Waals surface area contributed by atoms with Gasteiger partial charge in [0.2, 0.25) is 0 Å². The Hall–Kier alpha value is -7.40. The van der Waals surface area contributed by atoms with E-state index in [0.717, 1.165) is 63.2 Å². The van der Waals surface area contributed by atoms with Crippen LogP contribution in [-0.4, -0.2) is 90.5 Å². The molecule has 332 valence electrons. The summed E-state index contributed by atoms with van der Waals surface area (Å²) < 4.78 is 13.8. The van der Waals surface area contributed by atoms with E-state index in [2.05, 4.69) is 70.0 Å². The van der Waals surface area contributed by atoms with Crippen LogP contribution in [0.3, 0.4) is 0 Å². The zero-order chi connectivity index (χ0) is 45.5. The van der Waals surface area contributed by atoms with Gasteiger partial charge >= 0.3 is 11.9 Å². The van der Waals surface area contributed by atoms with Crippen molar-refractivity contribution in [2.24, 2.45) is 0 Å². The number of fused-ring (bicyclic) bond motifs is 2. The Morgan fingerprint density at radius 3 is 1.75 bits per heavy atom. The number of halogens is 1. The van der Waals surface area contributed by atoms with Crippen molar-refractivity contribution in [2.75, 3.05) is 48.2 Å². The molecule has 2 saturated heterocycles. The van der Waals surface area contributed by atoms with Gasteiger partial charge in [0.25, 0.3) is 0 Å². The third-order valence-corrected chi connectivity index (χ3v) is 11.9. The van der Waals surface area contributed by atoms with Gasteiger partial charge in [0.05, 0.1) is 46.9 Å². The number of carbonyl (C=O) groups is 2.